The minimum Gasteiger partial charge on any atom is -0.376 e. The van der Waals surface area contributed by atoms with E-state index < -0.39 is 0 Å². The van der Waals surface area contributed by atoms with Crippen molar-refractivity contribution < 1.29 is 19.1 Å². The monoisotopic (exact) mass is 435 g/mol. The quantitative estimate of drug-likeness (QED) is 0.645. The zero-order valence-corrected chi connectivity index (χ0v) is 18.4. The van der Waals surface area contributed by atoms with Crippen LogP contribution in [0.4, 0.5) is 0 Å². The van der Waals surface area contributed by atoms with Crippen molar-refractivity contribution >= 4 is 17.7 Å². The molecule has 2 aliphatic heterocycles. The topological polar surface area (TPSA) is 79.0 Å². The van der Waals surface area contributed by atoms with Gasteiger partial charge in [0.1, 0.15) is 0 Å². The summed E-state index contributed by atoms with van der Waals surface area (Å²) in [6.45, 7) is 6.28. The fourth-order valence-electron chi connectivity index (χ4n) is 4.26. The minimum atomic E-state index is -0.280. The van der Waals surface area contributed by atoms with Gasteiger partial charge in [-0.25, -0.2) is 0 Å². The van der Waals surface area contributed by atoms with Crippen LogP contribution >= 0.6 is 0 Å². The van der Waals surface area contributed by atoms with E-state index in [1.165, 1.54) is 10.5 Å². The van der Waals surface area contributed by atoms with Gasteiger partial charge in [-0.05, 0) is 36.6 Å². The number of benzene rings is 2. The molecular weight excluding hydrogens is 406 g/mol. The van der Waals surface area contributed by atoms with E-state index >= 15 is 0 Å². The predicted octanol–water partition coefficient (Wildman–Crippen LogP) is 2.60. The molecule has 1 atom stereocenters. The SMILES string of the molecule is CC1CN(Cc2cccc(CNC(=O)CCCN3C(=O)c4ccccc4C3=O)c2)CCO1. The molecule has 2 aliphatic rings. The molecular formula is C25H29N3O4. The first-order valence-corrected chi connectivity index (χ1v) is 11.1. The Hall–Kier alpha value is -3.03. The van der Waals surface area contributed by atoms with Crippen LogP contribution in [0.2, 0.25) is 0 Å². The molecule has 1 fully saturated rings. The van der Waals surface area contributed by atoms with E-state index in [-0.39, 0.29) is 36.8 Å². The maximum atomic E-state index is 12.4. The summed E-state index contributed by atoms with van der Waals surface area (Å²) in [5, 5.41) is 2.94. The third-order valence-electron chi connectivity index (χ3n) is 5.88. The van der Waals surface area contributed by atoms with Crippen molar-refractivity contribution in [1.82, 2.24) is 15.1 Å². The molecule has 1 saturated heterocycles. The van der Waals surface area contributed by atoms with E-state index in [0.29, 0.717) is 24.1 Å². The van der Waals surface area contributed by atoms with Crippen LogP contribution in [0.3, 0.4) is 0 Å². The molecule has 0 spiro atoms. The zero-order valence-electron chi connectivity index (χ0n) is 18.4. The molecule has 2 aromatic rings. The third-order valence-corrected chi connectivity index (χ3v) is 5.88. The van der Waals surface area contributed by atoms with Crippen molar-refractivity contribution in [3.05, 3.63) is 70.8 Å². The Bertz CT molecular complexity index is 971. The number of nitrogens with one attached hydrogen (secondary N) is 1. The molecule has 0 saturated carbocycles. The lowest BCUT2D eigenvalue weighted by molar-refractivity contribution is -0.121. The smallest absolute Gasteiger partial charge is 0.261 e. The molecule has 168 valence electrons. The Morgan fingerprint density at radius 2 is 1.78 bits per heavy atom. The summed E-state index contributed by atoms with van der Waals surface area (Å²) in [5.41, 5.74) is 3.15. The molecule has 2 aromatic carbocycles. The van der Waals surface area contributed by atoms with Crippen LogP contribution in [0, 0.1) is 0 Å². The molecule has 0 aliphatic carbocycles. The van der Waals surface area contributed by atoms with Gasteiger partial charge in [0.05, 0.1) is 23.8 Å². The fourth-order valence-corrected chi connectivity index (χ4v) is 4.26. The second kappa shape index (κ2) is 10.1. The summed E-state index contributed by atoms with van der Waals surface area (Å²) in [7, 11) is 0. The van der Waals surface area contributed by atoms with Crippen LogP contribution in [0.25, 0.3) is 0 Å². The molecule has 1 N–H and O–H groups in total. The molecule has 2 heterocycles. The van der Waals surface area contributed by atoms with Crippen molar-refractivity contribution in [3.8, 4) is 0 Å². The van der Waals surface area contributed by atoms with Gasteiger partial charge in [-0.3, -0.25) is 24.2 Å². The number of carbonyl (C=O) groups is 3. The summed E-state index contributed by atoms with van der Waals surface area (Å²) < 4.78 is 5.60. The first kappa shape index (κ1) is 22.2. The highest BCUT2D eigenvalue weighted by Gasteiger charge is 2.34. The van der Waals surface area contributed by atoms with Gasteiger partial charge in [-0.2, -0.15) is 0 Å². The van der Waals surface area contributed by atoms with E-state index in [1.807, 2.05) is 12.1 Å². The second-order valence-electron chi connectivity index (χ2n) is 8.42. The number of rotatable bonds is 8. The van der Waals surface area contributed by atoms with Crippen molar-refractivity contribution in [1.29, 1.82) is 0 Å². The standard InChI is InChI=1S/C25H29N3O4/c1-18-16-27(12-13-32-18)17-20-7-4-6-19(14-20)15-26-23(29)10-5-11-28-24(30)21-8-2-3-9-22(21)25(28)31/h2-4,6-9,14,18H,5,10-13,15-17H2,1H3,(H,26,29). The van der Waals surface area contributed by atoms with Crippen LogP contribution in [-0.2, 0) is 22.6 Å². The lowest BCUT2D eigenvalue weighted by Gasteiger charge is -2.31. The number of carbonyl (C=O) groups excluding carboxylic acids is 3. The molecule has 0 radical (unpaired) electrons. The summed E-state index contributed by atoms with van der Waals surface area (Å²) in [6.07, 6.45) is 0.956. The highest BCUT2D eigenvalue weighted by atomic mass is 16.5. The Balaban J connectivity index is 1.21. The average molecular weight is 436 g/mol. The van der Waals surface area contributed by atoms with Crippen LogP contribution < -0.4 is 5.32 Å². The lowest BCUT2D eigenvalue weighted by atomic mass is 10.1. The Morgan fingerprint density at radius 3 is 2.50 bits per heavy atom. The van der Waals surface area contributed by atoms with Gasteiger partial charge in [0.2, 0.25) is 5.91 Å². The maximum Gasteiger partial charge on any atom is 0.261 e. The molecule has 7 heteroatoms. The molecule has 0 bridgehead atoms. The normalized spacial score (nSPS) is 18.7. The van der Waals surface area contributed by atoms with Crippen molar-refractivity contribution in [2.75, 3.05) is 26.2 Å². The second-order valence-corrected chi connectivity index (χ2v) is 8.42. The number of nitrogens with zero attached hydrogens (tertiary/aromatic N) is 2. The van der Waals surface area contributed by atoms with Crippen molar-refractivity contribution in [2.24, 2.45) is 0 Å². The number of fused-ring (bicyclic) bond motifs is 1. The molecule has 0 aromatic heterocycles. The van der Waals surface area contributed by atoms with Gasteiger partial charge in [-0.1, -0.05) is 36.4 Å². The van der Waals surface area contributed by atoms with Gasteiger partial charge in [0.15, 0.2) is 0 Å². The van der Waals surface area contributed by atoms with Crippen LogP contribution in [0.1, 0.15) is 51.6 Å². The average Bonchev–Trinajstić information content (AvgIpc) is 3.03. The first-order valence-electron chi connectivity index (χ1n) is 11.1. The van der Waals surface area contributed by atoms with Gasteiger partial charge in [0, 0.05) is 39.1 Å². The molecule has 4 rings (SSSR count). The fraction of sp³-hybridized carbons (Fsp3) is 0.400. The molecule has 3 amide bonds. The number of hydrogen-bond acceptors (Lipinski definition) is 5. The third kappa shape index (κ3) is 5.23. The van der Waals surface area contributed by atoms with Gasteiger partial charge < -0.3 is 10.1 Å². The zero-order chi connectivity index (χ0) is 22.5. The van der Waals surface area contributed by atoms with Crippen LogP contribution in [0.15, 0.2) is 48.5 Å². The highest BCUT2D eigenvalue weighted by Crippen LogP contribution is 2.22. The predicted molar refractivity (Wildman–Crippen MR) is 120 cm³/mol. The largest absolute Gasteiger partial charge is 0.376 e. The molecule has 32 heavy (non-hydrogen) atoms. The van der Waals surface area contributed by atoms with E-state index in [9.17, 15) is 14.4 Å². The number of ether oxygens (including phenoxy) is 1. The van der Waals surface area contributed by atoms with Crippen molar-refractivity contribution in [3.63, 3.8) is 0 Å². The summed E-state index contributed by atoms with van der Waals surface area (Å²) >= 11 is 0. The van der Waals surface area contributed by atoms with Crippen molar-refractivity contribution in [2.45, 2.75) is 39.0 Å². The van der Waals surface area contributed by atoms with E-state index in [0.717, 1.165) is 31.8 Å². The molecule has 7 nitrogen and oxygen atoms in total. The van der Waals surface area contributed by atoms with E-state index in [1.54, 1.807) is 24.3 Å². The first-order chi connectivity index (χ1) is 15.5. The summed E-state index contributed by atoms with van der Waals surface area (Å²) in [6, 6.07) is 15.1. The Morgan fingerprint density at radius 1 is 1.06 bits per heavy atom. The van der Waals surface area contributed by atoms with E-state index in [4.69, 9.17) is 4.74 Å². The van der Waals surface area contributed by atoms with Gasteiger partial charge in [-0.15, -0.1) is 0 Å². The summed E-state index contributed by atoms with van der Waals surface area (Å²) in [4.78, 5) is 40.7. The van der Waals surface area contributed by atoms with Crippen LogP contribution in [0.5, 0.6) is 0 Å². The number of hydrogen-bond donors (Lipinski definition) is 1. The Kier molecular flexibility index (Phi) is 6.97. The van der Waals surface area contributed by atoms with Crippen LogP contribution in [-0.4, -0.2) is 59.9 Å². The van der Waals surface area contributed by atoms with E-state index in [2.05, 4.69) is 29.3 Å². The molecule has 1 unspecified atom stereocenters. The number of imide groups is 1. The minimum absolute atomic E-state index is 0.0889. The maximum absolute atomic E-state index is 12.4. The summed E-state index contributed by atoms with van der Waals surface area (Å²) in [5.74, 6) is -0.649. The highest BCUT2D eigenvalue weighted by molar-refractivity contribution is 6.21. The number of amides is 3. The van der Waals surface area contributed by atoms with Gasteiger partial charge >= 0.3 is 0 Å². The lowest BCUT2D eigenvalue weighted by Crippen LogP contribution is -2.40. The van der Waals surface area contributed by atoms with Gasteiger partial charge in [0.25, 0.3) is 11.8 Å². The number of morpholine rings is 1. The Labute approximate surface area is 188 Å².